The van der Waals surface area contributed by atoms with E-state index in [1.807, 2.05) is 18.2 Å². The molecule has 4 aromatic rings. The predicted octanol–water partition coefficient (Wildman–Crippen LogP) is 4.74. The summed E-state index contributed by atoms with van der Waals surface area (Å²) in [6.07, 6.45) is 0. The van der Waals surface area contributed by atoms with E-state index >= 15 is 0 Å². The SMILES string of the molecule is [c]1nnc(NC(c2ccccc2)(c2ccccc2)c2ccccc2)s1. The third-order valence-corrected chi connectivity index (χ3v) is 4.79. The minimum atomic E-state index is -0.558. The molecular formula is C21H16N3S. The first-order chi connectivity index (χ1) is 12.4. The highest BCUT2D eigenvalue weighted by Crippen LogP contribution is 2.39. The molecule has 0 amide bonds. The molecule has 0 aliphatic rings. The zero-order valence-corrected chi connectivity index (χ0v) is 14.3. The van der Waals surface area contributed by atoms with Gasteiger partial charge < -0.3 is 5.32 Å². The van der Waals surface area contributed by atoms with Gasteiger partial charge in [-0.2, -0.15) is 0 Å². The summed E-state index contributed by atoms with van der Waals surface area (Å²) in [7, 11) is 0. The number of nitrogens with zero attached hydrogens (tertiary/aromatic N) is 2. The lowest BCUT2D eigenvalue weighted by atomic mass is 9.77. The summed E-state index contributed by atoms with van der Waals surface area (Å²) in [5.41, 5.74) is 5.69. The molecule has 25 heavy (non-hydrogen) atoms. The molecule has 0 fully saturated rings. The maximum Gasteiger partial charge on any atom is 0.207 e. The molecule has 0 unspecified atom stereocenters. The average molecular weight is 342 g/mol. The Hall–Kier alpha value is -2.98. The molecule has 121 valence electrons. The summed E-state index contributed by atoms with van der Waals surface area (Å²) < 4.78 is 0. The van der Waals surface area contributed by atoms with Gasteiger partial charge in [-0.25, -0.2) is 0 Å². The van der Waals surface area contributed by atoms with Gasteiger partial charge in [-0.05, 0) is 16.7 Å². The van der Waals surface area contributed by atoms with Gasteiger partial charge in [0.2, 0.25) is 5.13 Å². The molecule has 1 aromatic heterocycles. The molecule has 3 nitrogen and oxygen atoms in total. The Morgan fingerprint density at radius 3 is 1.48 bits per heavy atom. The third-order valence-electron chi connectivity index (χ3n) is 4.24. The molecule has 4 heteroatoms. The van der Waals surface area contributed by atoms with Gasteiger partial charge in [0.1, 0.15) is 5.54 Å². The van der Waals surface area contributed by atoms with E-state index in [9.17, 15) is 0 Å². The zero-order chi connectivity index (χ0) is 17.0. The van der Waals surface area contributed by atoms with Crippen molar-refractivity contribution in [1.82, 2.24) is 10.2 Å². The fourth-order valence-electron chi connectivity index (χ4n) is 3.14. The molecule has 1 heterocycles. The van der Waals surface area contributed by atoms with E-state index < -0.39 is 5.54 Å². The summed E-state index contributed by atoms with van der Waals surface area (Å²) in [6, 6.07) is 31.3. The van der Waals surface area contributed by atoms with Crippen LogP contribution in [-0.2, 0) is 5.54 Å². The van der Waals surface area contributed by atoms with Gasteiger partial charge >= 0.3 is 0 Å². The minimum Gasteiger partial charge on any atom is -0.342 e. The third kappa shape index (κ3) is 2.92. The number of rotatable bonds is 5. The first-order valence-corrected chi connectivity index (χ1v) is 8.85. The summed E-state index contributed by atoms with van der Waals surface area (Å²) >= 11 is 1.38. The van der Waals surface area contributed by atoms with Gasteiger partial charge in [0.05, 0.1) is 0 Å². The fourth-order valence-corrected chi connectivity index (χ4v) is 3.60. The summed E-state index contributed by atoms with van der Waals surface area (Å²) in [6.45, 7) is 0. The second kappa shape index (κ2) is 6.87. The lowest BCUT2D eigenvalue weighted by Crippen LogP contribution is -2.38. The van der Waals surface area contributed by atoms with Crippen molar-refractivity contribution >= 4 is 16.5 Å². The first-order valence-electron chi connectivity index (χ1n) is 8.04. The average Bonchev–Trinajstić information content (AvgIpc) is 3.21. The highest BCUT2D eigenvalue weighted by Gasteiger charge is 2.37. The molecule has 3 aromatic carbocycles. The quantitative estimate of drug-likeness (QED) is 0.532. The smallest absolute Gasteiger partial charge is 0.207 e. The normalized spacial score (nSPS) is 11.2. The van der Waals surface area contributed by atoms with Crippen molar-refractivity contribution in [2.75, 3.05) is 5.32 Å². The maximum absolute atomic E-state index is 4.18. The Bertz CT molecular complexity index is 811. The van der Waals surface area contributed by atoms with Crippen molar-refractivity contribution in [2.45, 2.75) is 5.54 Å². The Balaban J connectivity index is 2.01. The van der Waals surface area contributed by atoms with Crippen LogP contribution in [0.5, 0.6) is 0 Å². The second-order valence-corrected chi connectivity index (χ2v) is 6.44. The van der Waals surface area contributed by atoms with Crippen LogP contribution < -0.4 is 5.32 Å². The van der Waals surface area contributed by atoms with Crippen molar-refractivity contribution < 1.29 is 0 Å². The van der Waals surface area contributed by atoms with Gasteiger partial charge in [-0.3, -0.25) is 0 Å². The van der Waals surface area contributed by atoms with E-state index in [2.05, 4.69) is 93.8 Å². The summed E-state index contributed by atoms with van der Waals surface area (Å²) in [4.78, 5) is 0. The number of aromatic nitrogens is 2. The van der Waals surface area contributed by atoms with Gasteiger partial charge in [0.25, 0.3) is 0 Å². The second-order valence-electron chi connectivity index (χ2n) is 5.67. The fraction of sp³-hybridized carbons (Fsp3) is 0.0476. The highest BCUT2D eigenvalue weighted by molar-refractivity contribution is 7.12. The van der Waals surface area contributed by atoms with Gasteiger partial charge in [0.15, 0.2) is 5.51 Å². The molecule has 0 aliphatic heterocycles. The maximum atomic E-state index is 4.18. The van der Waals surface area contributed by atoms with Crippen LogP contribution in [0.3, 0.4) is 0 Å². The topological polar surface area (TPSA) is 37.8 Å². The van der Waals surface area contributed by atoms with Crippen LogP contribution in [0.15, 0.2) is 91.0 Å². The molecule has 0 saturated carbocycles. The van der Waals surface area contributed by atoms with Crippen LogP contribution >= 0.6 is 11.3 Å². The standard InChI is InChI=1S/C21H16N3S/c1-4-10-17(11-5-1)21(18-12-6-2-7-13-18,19-14-8-3-9-15-19)23-20-24-22-16-25-20/h1-15H,(H,23,24). The molecule has 1 N–H and O–H groups in total. The Morgan fingerprint density at radius 1 is 0.680 bits per heavy atom. The Kier molecular flexibility index (Phi) is 4.27. The van der Waals surface area contributed by atoms with Crippen molar-refractivity contribution in [3.8, 4) is 0 Å². The van der Waals surface area contributed by atoms with Gasteiger partial charge in [-0.1, -0.05) is 102 Å². The first kappa shape index (κ1) is 15.5. The van der Waals surface area contributed by atoms with E-state index in [0.717, 1.165) is 21.8 Å². The molecule has 0 spiro atoms. The molecule has 0 bridgehead atoms. The number of anilines is 1. The number of benzene rings is 3. The molecule has 0 atom stereocenters. The summed E-state index contributed by atoms with van der Waals surface area (Å²) in [5, 5.41) is 12.4. The summed E-state index contributed by atoms with van der Waals surface area (Å²) in [5.74, 6) is 0. The van der Waals surface area contributed by atoms with E-state index in [4.69, 9.17) is 0 Å². The van der Waals surface area contributed by atoms with E-state index in [0.29, 0.717) is 0 Å². The van der Waals surface area contributed by atoms with Crippen molar-refractivity contribution in [3.63, 3.8) is 0 Å². The zero-order valence-electron chi connectivity index (χ0n) is 13.5. The van der Waals surface area contributed by atoms with Crippen LogP contribution in [-0.4, -0.2) is 10.2 Å². The van der Waals surface area contributed by atoms with Crippen LogP contribution in [0, 0.1) is 5.51 Å². The van der Waals surface area contributed by atoms with Gasteiger partial charge in [0, 0.05) is 0 Å². The monoisotopic (exact) mass is 342 g/mol. The van der Waals surface area contributed by atoms with Gasteiger partial charge in [-0.15, -0.1) is 10.2 Å². The number of hydrogen-bond donors (Lipinski definition) is 1. The lowest BCUT2D eigenvalue weighted by Gasteiger charge is -2.36. The Morgan fingerprint density at radius 2 is 1.12 bits per heavy atom. The van der Waals surface area contributed by atoms with E-state index in [1.54, 1.807) is 0 Å². The molecular weight excluding hydrogens is 326 g/mol. The molecule has 0 saturated heterocycles. The van der Waals surface area contributed by atoms with Crippen LogP contribution in [0.2, 0.25) is 0 Å². The molecule has 1 radical (unpaired) electrons. The molecule has 4 rings (SSSR count). The Labute approximate surface area is 151 Å². The van der Waals surface area contributed by atoms with Crippen LogP contribution in [0.1, 0.15) is 16.7 Å². The molecule has 0 aliphatic carbocycles. The largest absolute Gasteiger partial charge is 0.342 e. The minimum absolute atomic E-state index is 0.558. The van der Waals surface area contributed by atoms with Crippen LogP contribution in [0.4, 0.5) is 5.13 Å². The predicted molar refractivity (Wildman–Crippen MR) is 102 cm³/mol. The lowest BCUT2D eigenvalue weighted by molar-refractivity contribution is 0.708. The van der Waals surface area contributed by atoms with Crippen molar-refractivity contribution in [1.29, 1.82) is 0 Å². The van der Waals surface area contributed by atoms with Crippen molar-refractivity contribution in [3.05, 3.63) is 113 Å². The highest BCUT2D eigenvalue weighted by atomic mass is 32.1. The van der Waals surface area contributed by atoms with E-state index in [-0.39, 0.29) is 0 Å². The van der Waals surface area contributed by atoms with Crippen LogP contribution in [0.25, 0.3) is 0 Å². The van der Waals surface area contributed by atoms with Crippen molar-refractivity contribution in [2.24, 2.45) is 0 Å². The van der Waals surface area contributed by atoms with E-state index in [1.165, 1.54) is 11.3 Å². The number of nitrogens with one attached hydrogen (secondary N) is 1. The number of hydrogen-bond acceptors (Lipinski definition) is 4.